The van der Waals surface area contributed by atoms with Crippen molar-refractivity contribution in [3.05, 3.63) is 22.5 Å². The van der Waals surface area contributed by atoms with Crippen LogP contribution in [0.15, 0.2) is 6.07 Å². The molecule has 70 valence electrons. The number of methoxy groups -OCH3 is 1. The zero-order chi connectivity index (χ0) is 9.84. The standard InChI is InChI=1S/C7H6BrClN2O2/c1-13-7(12)5-2-4(3-8)10-11-6(5)9/h2H,3H2,1H3. The lowest BCUT2D eigenvalue weighted by atomic mass is 10.3. The lowest BCUT2D eigenvalue weighted by Crippen LogP contribution is -2.05. The molecule has 0 bridgehead atoms. The number of alkyl halides is 1. The number of rotatable bonds is 2. The van der Waals surface area contributed by atoms with Crippen LogP contribution in [0.1, 0.15) is 16.1 Å². The zero-order valence-corrected chi connectivity index (χ0v) is 9.09. The van der Waals surface area contributed by atoms with Gasteiger partial charge in [0.05, 0.1) is 12.8 Å². The molecule has 0 spiro atoms. The van der Waals surface area contributed by atoms with Gasteiger partial charge in [-0.3, -0.25) is 0 Å². The summed E-state index contributed by atoms with van der Waals surface area (Å²) in [4.78, 5) is 11.1. The van der Waals surface area contributed by atoms with Crippen molar-refractivity contribution in [3.63, 3.8) is 0 Å². The van der Waals surface area contributed by atoms with E-state index in [1.807, 2.05) is 0 Å². The summed E-state index contributed by atoms with van der Waals surface area (Å²) in [6.07, 6.45) is 0. The van der Waals surface area contributed by atoms with Crippen molar-refractivity contribution in [3.8, 4) is 0 Å². The largest absolute Gasteiger partial charge is 0.465 e. The number of ether oxygens (including phenoxy) is 1. The molecule has 6 heteroatoms. The van der Waals surface area contributed by atoms with Gasteiger partial charge in [-0.15, -0.1) is 5.10 Å². The summed E-state index contributed by atoms with van der Waals surface area (Å²) in [7, 11) is 1.28. The average molecular weight is 265 g/mol. The van der Waals surface area contributed by atoms with Gasteiger partial charge in [0.25, 0.3) is 0 Å². The summed E-state index contributed by atoms with van der Waals surface area (Å²) in [5.41, 5.74) is 0.860. The molecular formula is C7H6BrClN2O2. The topological polar surface area (TPSA) is 52.1 Å². The number of esters is 1. The maximum Gasteiger partial charge on any atom is 0.341 e. The highest BCUT2D eigenvalue weighted by Gasteiger charge is 2.12. The third-order valence-corrected chi connectivity index (χ3v) is 2.20. The Morgan fingerprint density at radius 2 is 2.38 bits per heavy atom. The molecule has 0 aliphatic rings. The van der Waals surface area contributed by atoms with Crippen LogP contribution < -0.4 is 0 Å². The van der Waals surface area contributed by atoms with Gasteiger partial charge in [0, 0.05) is 5.33 Å². The van der Waals surface area contributed by atoms with Crippen LogP contribution >= 0.6 is 27.5 Å². The van der Waals surface area contributed by atoms with Crippen molar-refractivity contribution in [2.24, 2.45) is 0 Å². The van der Waals surface area contributed by atoms with Crippen LogP contribution in [0, 0.1) is 0 Å². The Hall–Kier alpha value is -0.680. The molecule has 0 saturated carbocycles. The van der Waals surface area contributed by atoms with Crippen molar-refractivity contribution in [1.29, 1.82) is 0 Å². The second kappa shape index (κ2) is 4.53. The van der Waals surface area contributed by atoms with Crippen molar-refractivity contribution >= 4 is 33.5 Å². The maximum atomic E-state index is 11.1. The Morgan fingerprint density at radius 1 is 1.69 bits per heavy atom. The van der Waals surface area contributed by atoms with Crippen LogP contribution in [-0.2, 0) is 10.1 Å². The van der Waals surface area contributed by atoms with Gasteiger partial charge in [-0.25, -0.2) is 4.79 Å². The van der Waals surface area contributed by atoms with Crippen LogP contribution in [0.3, 0.4) is 0 Å². The highest BCUT2D eigenvalue weighted by molar-refractivity contribution is 9.08. The van der Waals surface area contributed by atoms with E-state index in [0.717, 1.165) is 0 Å². The van der Waals surface area contributed by atoms with Crippen LogP contribution in [0.5, 0.6) is 0 Å². The summed E-state index contributed by atoms with van der Waals surface area (Å²) in [5.74, 6) is -0.512. The fourth-order valence-corrected chi connectivity index (χ4v) is 1.18. The molecule has 4 nitrogen and oxygen atoms in total. The van der Waals surface area contributed by atoms with Crippen LogP contribution in [0.2, 0.25) is 5.15 Å². The summed E-state index contributed by atoms with van der Waals surface area (Å²) in [6, 6.07) is 1.54. The number of halogens is 2. The highest BCUT2D eigenvalue weighted by atomic mass is 79.9. The number of hydrogen-bond donors (Lipinski definition) is 0. The summed E-state index contributed by atoms with van der Waals surface area (Å²) in [5, 5.41) is 7.91. The van der Waals surface area contributed by atoms with Gasteiger partial charge in [-0.2, -0.15) is 5.10 Å². The first kappa shape index (κ1) is 10.4. The van der Waals surface area contributed by atoms with Gasteiger partial charge >= 0.3 is 5.97 Å². The monoisotopic (exact) mass is 264 g/mol. The molecule has 0 radical (unpaired) electrons. The molecule has 0 saturated heterocycles. The minimum absolute atomic E-state index is 0.0524. The molecule has 0 aliphatic carbocycles. The van der Waals surface area contributed by atoms with E-state index in [4.69, 9.17) is 11.6 Å². The van der Waals surface area contributed by atoms with Gasteiger partial charge in [0.1, 0.15) is 5.56 Å². The van der Waals surface area contributed by atoms with E-state index in [2.05, 4.69) is 30.9 Å². The Labute approximate surface area is 88.4 Å². The average Bonchev–Trinajstić information content (AvgIpc) is 2.17. The van der Waals surface area contributed by atoms with E-state index >= 15 is 0 Å². The maximum absolute atomic E-state index is 11.1. The van der Waals surface area contributed by atoms with Crippen molar-refractivity contribution in [2.75, 3.05) is 7.11 Å². The minimum Gasteiger partial charge on any atom is -0.465 e. The van der Waals surface area contributed by atoms with Gasteiger partial charge in [-0.05, 0) is 6.07 Å². The normalized spacial score (nSPS) is 9.77. The molecule has 0 amide bonds. The molecule has 0 atom stereocenters. The fourth-order valence-electron chi connectivity index (χ4n) is 0.735. The van der Waals surface area contributed by atoms with Gasteiger partial charge in [-0.1, -0.05) is 27.5 Å². The minimum atomic E-state index is -0.512. The van der Waals surface area contributed by atoms with Crippen LogP contribution in [0.4, 0.5) is 0 Å². The molecule has 13 heavy (non-hydrogen) atoms. The molecule has 0 unspecified atom stereocenters. The molecule has 1 aromatic heterocycles. The molecule has 0 N–H and O–H groups in total. The molecule has 1 aromatic rings. The first-order valence-electron chi connectivity index (χ1n) is 3.35. The summed E-state index contributed by atoms with van der Waals surface area (Å²) in [6.45, 7) is 0. The molecule has 1 heterocycles. The summed E-state index contributed by atoms with van der Waals surface area (Å²) < 4.78 is 4.51. The molecule has 0 fully saturated rings. The Kier molecular flexibility index (Phi) is 3.62. The van der Waals surface area contributed by atoms with E-state index in [0.29, 0.717) is 11.0 Å². The van der Waals surface area contributed by atoms with E-state index < -0.39 is 5.97 Å². The zero-order valence-electron chi connectivity index (χ0n) is 6.75. The van der Waals surface area contributed by atoms with Crippen molar-refractivity contribution in [2.45, 2.75) is 5.33 Å². The number of carbonyl (C=O) groups excluding carboxylic acids is 1. The lowest BCUT2D eigenvalue weighted by Gasteiger charge is -2.01. The Balaban J connectivity index is 3.11. The van der Waals surface area contributed by atoms with Gasteiger partial charge in [0.2, 0.25) is 0 Å². The van der Waals surface area contributed by atoms with E-state index in [9.17, 15) is 4.79 Å². The van der Waals surface area contributed by atoms with Crippen molar-refractivity contribution in [1.82, 2.24) is 10.2 Å². The number of aromatic nitrogens is 2. The SMILES string of the molecule is COC(=O)c1cc(CBr)nnc1Cl. The molecule has 0 aromatic carbocycles. The number of hydrogen-bond acceptors (Lipinski definition) is 4. The van der Waals surface area contributed by atoms with E-state index in [1.165, 1.54) is 13.2 Å². The van der Waals surface area contributed by atoms with Crippen LogP contribution in [0.25, 0.3) is 0 Å². The van der Waals surface area contributed by atoms with Gasteiger partial charge in [0.15, 0.2) is 5.15 Å². The van der Waals surface area contributed by atoms with Crippen LogP contribution in [-0.4, -0.2) is 23.3 Å². The van der Waals surface area contributed by atoms with Gasteiger partial charge < -0.3 is 4.74 Å². The van der Waals surface area contributed by atoms with E-state index in [-0.39, 0.29) is 10.7 Å². The smallest absolute Gasteiger partial charge is 0.341 e. The fraction of sp³-hybridized carbons (Fsp3) is 0.286. The predicted molar refractivity (Wildman–Crippen MR) is 51.0 cm³/mol. The second-order valence-corrected chi connectivity index (χ2v) is 3.08. The highest BCUT2D eigenvalue weighted by Crippen LogP contribution is 2.14. The first-order valence-corrected chi connectivity index (χ1v) is 4.85. The number of carbonyl (C=O) groups is 1. The van der Waals surface area contributed by atoms with E-state index in [1.54, 1.807) is 0 Å². The summed E-state index contributed by atoms with van der Waals surface area (Å²) >= 11 is 8.83. The predicted octanol–water partition coefficient (Wildman–Crippen LogP) is 1.81. The Bertz CT molecular complexity index is 332. The molecular weight excluding hydrogens is 259 g/mol. The van der Waals surface area contributed by atoms with Crippen molar-refractivity contribution < 1.29 is 9.53 Å². The Morgan fingerprint density at radius 3 is 2.92 bits per heavy atom. The lowest BCUT2D eigenvalue weighted by molar-refractivity contribution is 0.0600. The second-order valence-electron chi connectivity index (χ2n) is 2.17. The quantitative estimate of drug-likeness (QED) is 0.604. The number of nitrogens with zero attached hydrogens (tertiary/aromatic N) is 2. The third-order valence-electron chi connectivity index (χ3n) is 1.34. The first-order chi connectivity index (χ1) is 6.19. The molecule has 1 rings (SSSR count). The molecule has 0 aliphatic heterocycles. The third kappa shape index (κ3) is 2.38.